The number of aromatic nitrogens is 4. The highest BCUT2D eigenvalue weighted by Crippen LogP contribution is 2.31. The molecule has 160 valence electrons. The molecule has 0 radical (unpaired) electrons. The molecule has 1 aliphatic rings. The number of aryl methyl sites for hydroxylation is 1. The Hall–Kier alpha value is -2.75. The van der Waals surface area contributed by atoms with Crippen LogP contribution in [-0.2, 0) is 17.5 Å². The van der Waals surface area contributed by atoms with Crippen LogP contribution in [0.1, 0.15) is 35.4 Å². The highest BCUT2D eigenvalue weighted by molar-refractivity contribution is 5.59. The zero-order valence-corrected chi connectivity index (χ0v) is 16.6. The van der Waals surface area contributed by atoms with Crippen molar-refractivity contribution in [3.05, 3.63) is 52.6 Å². The number of rotatable bonds is 4. The minimum Gasteiger partial charge on any atom is -0.373 e. The zero-order valence-electron chi connectivity index (χ0n) is 16.6. The molecule has 1 fully saturated rings. The molecular weight excluding hydrogens is 402 g/mol. The van der Waals surface area contributed by atoms with Gasteiger partial charge in [0.1, 0.15) is 5.82 Å². The lowest BCUT2D eigenvalue weighted by Crippen LogP contribution is -2.38. The molecule has 1 aromatic carbocycles. The molecule has 10 heteroatoms. The summed E-state index contributed by atoms with van der Waals surface area (Å²) in [6, 6.07) is 6.17. The van der Waals surface area contributed by atoms with Crippen molar-refractivity contribution in [1.29, 1.82) is 0 Å². The molecule has 6 nitrogen and oxygen atoms in total. The minimum atomic E-state index is -4.63. The second-order valence-corrected chi connectivity index (χ2v) is 7.45. The standard InChI is InChI=1S/C20H21F4N5O/c1-12-13(2)18(27-29-17(12)25-26-19(29)20(22,23)24)28-9-7-16(8-10-28)30-11-14-3-5-15(21)6-4-14/h3-6,16H,7-11H2,1-2H3. The van der Waals surface area contributed by atoms with Gasteiger partial charge in [-0.3, -0.25) is 0 Å². The van der Waals surface area contributed by atoms with Gasteiger partial charge in [-0.1, -0.05) is 12.1 Å². The fraction of sp³-hybridized carbons (Fsp3) is 0.450. The van der Waals surface area contributed by atoms with E-state index in [0.717, 1.165) is 15.6 Å². The average molecular weight is 423 g/mol. The van der Waals surface area contributed by atoms with Crippen LogP contribution in [0.4, 0.5) is 23.4 Å². The number of nitrogens with zero attached hydrogens (tertiary/aromatic N) is 5. The van der Waals surface area contributed by atoms with E-state index < -0.39 is 12.0 Å². The van der Waals surface area contributed by atoms with Crippen molar-refractivity contribution < 1.29 is 22.3 Å². The molecule has 0 spiro atoms. The van der Waals surface area contributed by atoms with Crippen molar-refractivity contribution >= 4 is 11.5 Å². The van der Waals surface area contributed by atoms with E-state index in [1.807, 2.05) is 11.8 Å². The van der Waals surface area contributed by atoms with Crippen molar-refractivity contribution in [3.63, 3.8) is 0 Å². The van der Waals surface area contributed by atoms with Gasteiger partial charge in [0.2, 0.25) is 0 Å². The summed E-state index contributed by atoms with van der Waals surface area (Å²) in [5.41, 5.74) is 2.41. The topological polar surface area (TPSA) is 55.5 Å². The lowest BCUT2D eigenvalue weighted by molar-refractivity contribution is -0.146. The third kappa shape index (κ3) is 3.96. The van der Waals surface area contributed by atoms with E-state index >= 15 is 0 Å². The first-order valence-electron chi connectivity index (χ1n) is 9.65. The Labute approximate surface area is 170 Å². The molecule has 3 aromatic rings. The Bertz CT molecular complexity index is 1040. The van der Waals surface area contributed by atoms with Gasteiger partial charge in [-0.2, -0.15) is 17.7 Å². The second-order valence-electron chi connectivity index (χ2n) is 7.45. The van der Waals surface area contributed by atoms with Crippen LogP contribution in [0.25, 0.3) is 5.65 Å². The van der Waals surface area contributed by atoms with Gasteiger partial charge in [-0.15, -0.1) is 15.3 Å². The number of ether oxygens (including phenoxy) is 1. The summed E-state index contributed by atoms with van der Waals surface area (Å²) < 4.78 is 59.4. The Morgan fingerprint density at radius 2 is 1.70 bits per heavy atom. The molecule has 4 rings (SSSR count). The maximum atomic E-state index is 13.2. The van der Waals surface area contributed by atoms with E-state index in [0.29, 0.717) is 43.9 Å². The number of benzene rings is 1. The summed E-state index contributed by atoms with van der Waals surface area (Å²) in [7, 11) is 0. The Morgan fingerprint density at radius 1 is 1.03 bits per heavy atom. The molecule has 0 N–H and O–H groups in total. The van der Waals surface area contributed by atoms with Crippen LogP contribution in [0.2, 0.25) is 0 Å². The second kappa shape index (κ2) is 7.82. The Balaban J connectivity index is 1.47. The molecule has 0 bridgehead atoms. The Morgan fingerprint density at radius 3 is 2.33 bits per heavy atom. The van der Waals surface area contributed by atoms with Gasteiger partial charge in [0.25, 0.3) is 5.82 Å². The third-order valence-corrected chi connectivity index (χ3v) is 5.46. The van der Waals surface area contributed by atoms with E-state index in [2.05, 4.69) is 15.3 Å². The lowest BCUT2D eigenvalue weighted by atomic mass is 10.1. The SMILES string of the molecule is Cc1c(N2CCC(OCc3ccc(F)cc3)CC2)nn2c(C(F)(F)F)nnc2c1C. The molecule has 1 aliphatic heterocycles. The van der Waals surface area contributed by atoms with E-state index in [9.17, 15) is 17.6 Å². The van der Waals surface area contributed by atoms with Crippen LogP contribution in [0, 0.1) is 19.7 Å². The molecule has 1 saturated heterocycles. The van der Waals surface area contributed by atoms with Crippen LogP contribution in [0.5, 0.6) is 0 Å². The van der Waals surface area contributed by atoms with E-state index in [-0.39, 0.29) is 17.6 Å². The fourth-order valence-corrected chi connectivity index (χ4v) is 3.62. The van der Waals surface area contributed by atoms with Gasteiger partial charge in [0, 0.05) is 24.2 Å². The van der Waals surface area contributed by atoms with Crippen LogP contribution in [-0.4, -0.2) is 39.0 Å². The van der Waals surface area contributed by atoms with E-state index in [4.69, 9.17) is 4.74 Å². The first-order valence-corrected chi connectivity index (χ1v) is 9.65. The van der Waals surface area contributed by atoms with Crippen LogP contribution in [0.3, 0.4) is 0 Å². The van der Waals surface area contributed by atoms with Crippen LogP contribution in [0.15, 0.2) is 24.3 Å². The monoisotopic (exact) mass is 423 g/mol. The number of fused-ring (bicyclic) bond motifs is 1. The summed E-state index contributed by atoms with van der Waals surface area (Å²) in [5.74, 6) is -0.911. The predicted octanol–water partition coefficient (Wildman–Crippen LogP) is 4.08. The molecule has 2 aromatic heterocycles. The largest absolute Gasteiger partial charge is 0.453 e. The van der Waals surface area contributed by atoms with E-state index in [1.54, 1.807) is 19.1 Å². The molecular formula is C20H21F4N5O. The van der Waals surface area contributed by atoms with Crippen LogP contribution >= 0.6 is 0 Å². The first-order chi connectivity index (χ1) is 14.2. The summed E-state index contributed by atoms with van der Waals surface area (Å²) in [6.07, 6.45) is -3.18. The smallest absolute Gasteiger partial charge is 0.373 e. The lowest BCUT2D eigenvalue weighted by Gasteiger charge is -2.33. The summed E-state index contributed by atoms with van der Waals surface area (Å²) >= 11 is 0. The zero-order chi connectivity index (χ0) is 21.5. The summed E-state index contributed by atoms with van der Waals surface area (Å²) in [4.78, 5) is 1.97. The molecule has 3 heterocycles. The molecule has 0 unspecified atom stereocenters. The van der Waals surface area contributed by atoms with Gasteiger partial charge in [-0.25, -0.2) is 4.39 Å². The highest BCUT2D eigenvalue weighted by atomic mass is 19.4. The molecule has 0 saturated carbocycles. The summed E-state index contributed by atoms with van der Waals surface area (Å²) in [6.45, 7) is 5.16. The molecule has 0 amide bonds. The maximum Gasteiger partial charge on any atom is 0.453 e. The van der Waals surface area contributed by atoms with Crippen molar-refractivity contribution in [2.45, 2.75) is 45.6 Å². The van der Waals surface area contributed by atoms with Crippen molar-refractivity contribution in [3.8, 4) is 0 Å². The number of halogens is 4. The third-order valence-electron chi connectivity index (χ3n) is 5.46. The van der Waals surface area contributed by atoms with Crippen molar-refractivity contribution in [2.75, 3.05) is 18.0 Å². The number of piperidine rings is 1. The normalized spacial score (nSPS) is 15.9. The van der Waals surface area contributed by atoms with Gasteiger partial charge < -0.3 is 9.64 Å². The minimum absolute atomic E-state index is 0.0251. The van der Waals surface area contributed by atoms with Gasteiger partial charge in [0.05, 0.1) is 12.7 Å². The number of hydrogen-bond acceptors (Lipinski definition) is 5. The highest BCUT2D eigenvalue weighted by Gasteiger charge is 2.38. The molecule has 30 heavy (non-hydrogen) atoms. The van der Waals surface area contributed by atoms with Gasteiger partial charge in [0.15, 0.2) is 11.5 Å². The van der Waals surface area contributed by atoms with Crippen molar-refractivity contribution in [2.24, 2.45) is 0 Å². The predicted molar refractivity (Wildman–Crippen MR) is 102 cm³/mol. The average Bonchev–Trinajstić information content (AvgIpc) is 3.15. The summed E-state index contributed by atoms with van der Waals surface area (Å²) in [5, 5.41) is 11.2. The number of alkyl halides is 3. The molecule has 0 aliphatic carbocycles. The number of anilines is 1. The van der Waals surface area contributed by atoms with Crippen LogP contribution < -0.4 is 4.90 Å². The fourth-order valence-electron chi connectivity index (χ4n) is 3.62. The quantitative estimate of drug-likeness (QED) is 0.592. The van der Waals surface area contributed by atoms with Crippen molar-refractivity contribution in [1.82, 2.24) is 19.8 Å². The van der Waals surface area contributed by atoms with Gasteiger partial charge >= 0.3 is 6.18 Å². The Kier molecular flexibility index (Phi) is 5.35. The number of hydrogen-bond donors (Lipinski definition) is 0. The maximum absolute atomic E-state index is 13.2. The molecule has 0 atom stereocenters. The van der Waals surface area contributed by atoms with Gasteiger partial charge in [-0.05, 0) is 44.4 Å². The van der Waals surface area contributed by atoms with E-state index in [1.165, 1.54) is 12.1 Å². The first kappa shape index (κ1) is 20.5.